The molecule has 0 unspecified atom stereocenters. The molecule has 0 amide bonds. The second kappa shape index (κ2) is 7.19. The van der Waals surface area contributed by atoms with Crippen LogP contribution in [-0.4, -0.2) is 29.1 Å². The Bertz CT molecular complexity index is 1170. The molecule has 4 rings (SSSR count). The maximum atomic E-state index is 14.3. The van der Waals surface area contributed by atoms with Crippen LogP contribution >= 0.6 is 0 Å². The normalized spacial score (nSPS) is 10.9. The number of ether oxygens (including phenoxy) is 1. The van der Waals surface area contributed by atoms with Gasteiger partial charge in [-0.15, -0.1) is 0 Å². The Morgan fingerprint density at radius 1 is 1.00 bits per heavy atom. The van der Waals surface area contributed by atoms with Crippen LogP contribution in [0.15, 0.2) is 54.9 Å². The average molecular weight is 378 g/mol. The molecule has 1 N–H and O–H groups in total. The fraction of sp³-hybridized carbons (Fsp3) is 0.0952. The Hall–Kier alpha value is -3.61. The van der Waals surface area contributed by atoms with Crippen molar-refractivity contribution in [1.82, 2.24) is 15.0 Å². The van der Waals surface area contributed by atoms with E-state index in [9.17, 15) is 8.78 Å². The Morgan fingerprint density at radius 2 is 1.86 bits per heavy atom. The SMILES string of the molecule is CNc1nc(-c2cccnc2)nc2c(OC)cc(-c3cccc(F)c3F)cc12. The molecular formula is C21H16F2N4O. The van der Waals surface area contributed by atoms with Crippen molar-refractivity contribution in [1.29, 1.82) is 0 Å². The summed E-state index contributed by atoms with van der Waals surface area (Å²) in [6.07, 6.45) is 3.34. The van der Waals surface area contributed by atoms with Crippen LogP contribution in [0.4, 0.5) is 14.6 Å². The molecule has 0 atom stereocenters. The number of aromatic nitrogens is 3. The molecule has 4 aromatic rings. The lowest BCUT2D eigenvalue weighted by molar-refractivity contribution is 0.419. The summed E-state index contributed by atoms with van der Waals surface area (Å²) in [6, 6.07) is 11.1. The molecule has 2 aromatic carbocycles. The predicted octanol–water partition coefficient (Wildman–Crippen LogP) is 4.69. The summed E-state index contributed by atoms with van der Waals surface area (Å²) < 4.78 is 33.5. The van der Waals surface area contributed by atoms with Gasteiger partial charge in [0.2, 0.25) is 0 Å². The number of anilines is 1. The molecule has 2 heterocycles. The summed E-state index contributed by atoms with van der Waals surface area (Å²) in [5.41, 5.74) is 1.92. The van der Waals surface area contributed by atoms with Gasteiger partial charge in [0, 0.05) is 36.0 Å². The van der Waals surface area contributed by atoms with Crippen molar-refractivity contribution in [2.45, 2.75) is 0 Å². The maximum absolute atomic E-state index is 14.3. The molecule has 0 radical (unpaired) electrons. The van der Waals surface area contributed by atoms with E-state index in [1.165, 1.54) is 19.2 Å². The summed E-state index contributed by atoms with van der Waals surface area (Å²) in [5, 5.41) is 3.67. The van der Waals surface area contributed by atoms with Gasteiger partial charge in [0.25, 0.3) is 0 Å². The maximum Gasteiger partial charge on any atom is 0.166 e. The number of rotatable bonds is 4. The van der Waals surface area contributed by atoms with Crippen molar-refractivity contribution in [2.75, 3.05) is 19.5 Å². The summed E-state index contributed by atoms with van der Waals surface area (Å²) >= 11 is 0. The van der Waals surface area contributed by atoms with E-state index in [0.717, 1.165) is 11.6 Å². The van der Waals surface area contributed by atoms with Gasteiger partial charge in [0.15, 0.2) is 17.5 Å². The highest BCUT2D eigenvalue weighted by Gasteiger charge is 2.17. The Balaban J connectivity index is 2.00. The average Bonchev–Trinajstić information content (AvgIpc) is 2.74. The number of pyridine rings is 1. The molecule has 7 heteroatoms. The Labute approximate surface area is 160 Å². The number of methoxy groups -OCH3 is 1. The van der Waals surface area contributed by atoms with Crippen molar-refractivity contribution in [3.05, 3.63) is 66.5 Å². The Morgan fingerprint density at radius 3 is 2.57 bits per heavy atom. The minimum Gasteiger partial charge on any atom is -0.494 e. The first-order chi connectivity index (χ1) is 13.6. The number of fused-ring (bicyclic) bond motifs is 1. The van der Waals surface area contributed by atoms with Gasteiger partial charge in [-0.25, -0.2) is 18.7 Å². The first-order valence-corrected chi connectivity index (χ1v) is 8.54. The van der Waals surface area contributed by atoms with Gasteiger partial charge >= 0.3 is 0 Å². The van der Waals surface area contributed by atoms with E-state index >= 15 is 0 Å². The Kier molecular flexibility index (Phi) is 4.57. The minimum atomic E-state index is -0.914. The zero-order chi connectivity index (χ0) is 19.7. The smallest absolute Gasteiger partial charge is 0.166 e. The number of benzene rings is 2. The zero-order valence-corrected chi connectivity index (χ0v) is 15.2. The summed E-state index contributed by atoms with van der Waals surface area (Å²) in [7, 11) is 3.24. The molecule has 0 aliphatic heterocycles. The van der Waals surface area contributed by atoms with Crippen molar-refractivity contribution in [3.8, 4) is 28.3 Å². The molecule has 0 saturated heterocycles. The topological polar surface area (TPSA) is 59.9 Å². The molecule has 5 nitrogen and oxygen atoms in total. The van der Waals surface area contributed by atoms with Gasteiger partial charge in [-0.1, -0.05) is 12.1 Å². The van der Waals surface area contributed by atoms with Crippen molar-refractivity contribution in [2.24, 2.45) is 0 Å². The number of nitrogens with zero attached hydrogens (tertiary/aromatic N) is 3. The van der Waals surface area contributed by atoms with E-state index in [-0.39, 0.29) is 5.56 Å². The number of hydrogen-bond donors (Lipinski definition) is 1. The fourth-order valence-corrected chi connectivity index (χ4v) is 3.05. The third kappa shape index (κ3) is 3.00. The molecule has 0 aliphatic rings. The number of hydrogen-bond acceptors (Lipinski definition) is 5. The molecule has 0 spiro atoms. The molecular weight excluding hydrogens is 362 g/mol. The second-order valence-electron chi connectivity index (χ2n) is 6.06. The van der Waals surface area contributed by atoms with E-state index in [4.69, 9.17) is 4.74 Å². The fourth-order valence-electron chi connectivity index (χ4n) is 3.05. The van der Waals surface area contributed by atoms with Crippen LogP contribution in [0.1, 0.15) is 0 Å². The lowest BCUT2D eigenvalue weighted by atomic mass is 10.0. The van der Waals surface area contributed by atoms with Crippen molar-refractivity contribution >= 4 is 16.7 Å². The van der Waals surface area contributed by atoms with Gasteiger partial charge in [-0.2, -0.15) is 0 Å². The van der Waals surface area contributed by atoms with Crippen LogP contribution in [0.5, 0.6) is 5.75 Å². The van der Waals surface area contributed by atoms with Crippen molar-refractivity contribution < 1.29 is 13.5 Å². The lowest BCUT2D eigenvalue weighted by Gasteiger charge is -2.14. The number of halogens is 2. The highest BCUT2D eigenvalue weighted by molar-refractivity contribution is 5.97. The van der Waals surface area contributed by atoms with Gasteiger partial charge in [0.1, 0.15) is 17.1 Å². The van der Waals surface area contributed by atoms with E-state index in [0.29, 0.717) is 33.9 Å². The highest BCUT2D eigenvalue weighted by Crippen LogP contribution is 2.36. The summed E-state index contributed by atoms with van der Waals surface area (Å²) in [5.74, 6) is -0.370. The third-order valence-corrected chi connectivity index (χ3v) is 4.40. The van der Waals surface area contributed by atoms with Gasteiger partial charge in [-0.3, -0.25) is 4.98 Å². The largest absolute Gasteiger partial charge is 0.494 e. The first kappa shape index (κ1) is 17.8. The van der Waals surface area contributed by atoms with E-state index < -0.39 is 11.6 Å². The molecule has 0 bridgehead atoms. The van der Waals surface area contributed by atoms with Crippen LogP contribution in [0.25, 0.3) is 33.4 Å². The van der Waals surface area contributed by atoms with E-state index in [2.05, 4.69) is 20.3 Å². The lowest BCUT2D eigenvalue weighted by Crippen LogP contribution is -2.01. The van der Waals surface area contributed by atoms with Gasteiger partial charge < -0.3 is 10.1 Å². The monoisotopic (exact) mass is 378 g/mol. The summed E-state index contributed by atoms with van der Waals surface area (Å²) in [6.45, 7) is 0. The number of nitrogens with one attached hydrogen (secondary N) is 1. The molecule has 28 heavy (non-hydrogen) atoms. The second-order valence-corrected chi connectivity index (χ2v) is 6.06. The first-order valence-electron chi connectivity index (χ1n) is 8.54. The van der Waals surface area contributed by atoms with Crippen molar-refractivity contribution in [3.63, 3.8) is 0 Å². The van der Waals surface area contributed by atoms with E-state index in [1.54, 1.807) is 37.6 Å². The van der Waals surface area contributed by atoms with Crippen LogP contribution in [0.2, 0.25) is 0 Å². The van der Waals surface area contributed by atoms with Crippen LogP contribution < -0.4 is 10.1 Å². The zero-order valence-electron chi connectivity index (χ0n) is 15.2. The van der Waals surface area contributed by atoms with Crippen LogP contribution in [0.3, 0.4) is 0 Å². The molecule has 0 saturated carbocycles. The predicted molar refractivity (Wildman–Crippen MR) is 104 cm³/mol. The van der Waals surface area contributed by atoms with Crippen LogP contribution in [-0.2, 0) is 0 Å². The van der Waals surface area contributed by atoms with E-state index in [1.807, 2.05) is 6.07 Å². The highest BCUT2D eigenvalue weighted by atomic mass is 19.2. The third-order valence-electron chi connectivity index (χ3n) is 4.40. The molecule has 140 valence electrons. The minimum absolute atomic E-state index is 0.138. The van der Waals surface area contributed by atoms with Gasteiger partial charge in [-0.05, 0) is 35.9 Å². The molecule has 2 aromatic heterocycles. The van der Waals surface area contributed by atoms with Gasteiger partial charge in [0.05, 0.1) is 7.11 Å². The summed E-state index contributed by atoms with van der Waals surface area (Å²) in [4.78, 5) is 13.3. The van der Waals surface area contributed by atoms with Crippen LogP contribution in [0, 0.1) is 11.6 Å². The molecule has 0 aliphatic carbocycles. The standard InChI is InChI=1S/C21H16F2N4O/c1-24-21-15-9-13(14-6-3-7-16(22)18(14)23)10-17(28-2)19(15)26-20(27-21)12-5-4-8-25-11-12/h3-11H,1-2H3,(H,24,26,27). The molecule has 0 fully saturated rings. The quantitative estimate of drug-likeness (QED) is 0.558.